The molecule has 1 aromatic carbocycles. The molecule has 1 aliphatic rings. The Hall–Kier alpha value is -1.57. The third kappa shape index (κ3) is 13.7. The predicted octanol–water partition coefficient (Wildman–Crippen LogP) is 11.1. The molecule has 36 heavy (non-hydrogen) atoms. The molecule has 1 saturated carbocycles. The first-order chi connectivity index (χ1) is 17.6. The highest BCUT2D eigenvalue weighted by molar-refractivity contribution is 5.88. The molecular formula is C34H56O2. The van der Waals surface area contributed by atoms with Gasteiger partial charge in [0.25, 0.3) is 0 Å². The molecule has 2 heteroatoms. The molecule has 204 valence electrons. The summed E-state index contributed by atoms with van der Waals surface area (Å²) < 4.78 is 5.32. The Kier molecular flexibility index (Phi) is 16.6. The third-order valence-corrected chi connectivity index (χ3v) is 8.22. The van der Waals surface area contributed by atoms with E-state index in [1.54, 1.807) is 6.92 Å². The van der Waals surface area contributed by atoms with Crippen molar-refractivity contribution in [3.63, 3.8) is 0 Å². The molecule has 0 atom stereocenters. The Morgan fingerprint density at radius 2 is 1.17 bits per heavy atom. The number of benzene rings is 1. The molecule has 0 bridgehead atoms. The highest BCUT2D eigenvalue weighted by atomic mass is 16.5. The van der Waals surface area contributed by atoms with Gasteiger partial charge in [0.1, 0.15) is 5.75 Å². The summed E-state index contributed by atoms with van der Waals surface area (Å²) in [6, 6.07) is 8.14. The summed E-state index contributed by atoms with van der Waals surface area (Å²) in [6.45, 7) is 7.61. The van der Waals surface area contributed by atoms with E-state index in [1.807, 2.05) is 12.1 Å². The number of carbonyl (C=O) groups is 1. The summed E-state index contributed by atoms with van der Waals surface area (Å²) >= 11 is 0. The predicted molar refractivity (Wildman–Crippen MR) is 156 cm³/mol. The van der Waals surface area contributed by atoms with Crippen molar-refractivity contribution in [3.8, 4) is 5.75 Å². The van der Waals surface area contributed by atoms with Crippen LogP contribution in [0.5, 0.6) is 5.75 Å². The molecule has 1 aromatic rings. The fourth-order valence-corrected chi connectivity index (χ4v) is 5.77. The lowest BCUT2D eigenvalue weighted by molar-refractivity contribution is -0.130. The van der Waals surface area contributed by atoms with Gasteiger partial charge in [-0.1, -0.05) is 135 Å². The van der Waals surface area contributed by atoms with Gasteiger partial charge in [0.2, 0.25) is 0 Å². The monoisotopic (exact) mass is 496 g/mol. The average Bonchev–Trinajstić information content (AvgIpc) is 2.89. The molecule has 0 unspecified atom stereocenters. The Morgan fingerprint density at radius 1 is 0.722 bits per heavy atom. The molecule has 0 spiro atoms. The fraction of sp³-hybridized carbons (Fsp3) is 0.735. The first-order valence-electron chi connectivity index (χ1n) is 15.6. The van der Waals surface area contributed by atoms with E-state index in [1.165, 1.54) is 140 Å². The van der Waals surface area contributed by atoms with Crippen molar-refractivity contribution in [1.82, 2.24) is 0 Å². The average molecular weight is 497 g/mol. The Labute approximate surface area is 223 Å². The van der Waals surface area contributed by atoms with Crippen molar-refractivity contribution in [2.24, 2.45) is 5.92 Å². The van der Waals surface area contributed by atoms with Crippen LogP contribution in [0.1, 0.15) is 160 Å². The van der Waals surface area contributed by atoms with Crippen molar-refractivity contribution in [1.29, 1.82) is 0 Å². The van der Waals surface area contributed by atoms with E-state index in [-0.39, 0.29) is 5.97 Å². The quantitative estimate of drug-likeness (QED) is 0.0776. The second-order valence-corrected chi connectivity index (χ2v) is 11.5. The molecule has 1 fully saturated rings. The maximum Gasteiger partial charge on any atom is 0.338 e. The summed E-state index contributed by atoms with van der Waals surface area (Å²) in [6.07, 6.45) is 29.9. The lowest BCUT2D eigenvalue weighted by Crippen LogP contribution is -2.13. The smallest absolute Gasteiger partial charge is 0.338 e. The van der Waals surface area contributed by atoms with Gasteiger partial charge in [-0.05, 0) is 62.1 Å². The highest BCUT2D eigenvalue weighted by Crippen LogP contribution is 2.38. The Balaban J connectivity index is 1.40. The minimum atomic E-state index is -0.350. The van der Waals surface area contributed by atoms with Crippen LogP contribution >= 0.6 is 0 Å². The number of hydrogen-bond donors (Lipinski definition) is 0. The third-order valence-electron chi connectivity index (χ3n) is 8.22. The van der Waals surface area contributed by atoms with E-state index in [0.717, 1.165) is 5.92 Å². The standard InChI is InChI=1S/C34H56O2/c1-4-5-6-7-8-9-10-11-12-13-14-15-16-17-18-19-20-30-21-23-31(24-22-30)32-25-27-33(28-26-32)36-34(35)29(2)3/h25-28,30-31H,2,4-24H2,1,3H3. The zero-order valence-electron chi connectivity index (χ0n) is 23.8. The second-order valence-electron chi connectivity index (χ2n) is 11.5. The molecule has 0 heterocycles. The van der Waals surface area contributed by atoms with Gasteiger partial charge in [-0.15, -0.1) is 0 Å². The normalized spacial score (nSPS) is 17.7. The van der Waals surface area contributed by atoms with Gasteiger partial charge >= 0.3 is 5.97 Å². The van der Waals surface area contributed by atoms with Crippen LogP contribution in [0.2, 0.25) is 0 Å². The van der Waals surface area contributed by atoms with Crippen LogP contribution in [0.25, 0.3) is 0 Å². The molecule has 1 aliphatic carbocycles. The molecule has 0 aliphatic heterocycles. The lowest BCUT2D eigenvalue weighted by atomic mass is 9.77. The molecule has 2 rings (SSSR count). The van der Waals surface area contributed by atoms with Crippen LogP contribution in [0, 0.1) is 5.92 Å². The van der Waals surface area contributed by atoms with Crippen LogP contribution in [-0.4, -0.2) is 5.97 Å². The van der Waals surface area contributed by atoms with E-state index < -0.39 is 0 Å². The van der Waals surface area contributed by atoms with E-state index in [9.17, 15) is 4.79 Å². The van der Waals surface area contributed by atoms with E-state index >= 15 is 0 Å². The van der Waals surface area contributed by atoms with Crippen LogP contribution in [0.3, 0.4) is 0 Å². The molecule has 0 saturated heterocycles. The Morgan fingerprint density at radius 3 is 1.61 bits per heavy atom. The molecule has 2 nitrogen and oxygen atoms in total. The highest BCUT2D eigenvalue weighted by Gasteiger charge is 2.22. The first-order valence-corrected chi connectivity index (χ1v) is 15.6. The van der Waals surface area contributed by atoms with E-state index in [0.29, 0.717) is 17.2 Å². The van der Waals surface area contributed by atoms with E-state index in [4.69, 9.17) is 4.74 Å². The van der Waals surface area contributed by atoms with Crippen LogP contribution in [-0.2, 0) is 4.79 Å². The molecule has 0 N–H and O–H groups in total. The van der Waals surface area contributed by atoms with Gasteiger partial charge in [0.15, 0.2) is 0 Å². The fourth-order valence-electron chi connectivity index (χ4n) is 5.77. The number of unbranched alkanes of at least 4 members (excludes halogenated alkanes) is 15. The summed E-state index contributed by atoms with van der Waals surface area (Å²) in [5.74, 6) is 1.86. The number of hydrogen-bond acceptors (Lipinski definition) is 2. The van der Waals surface area contributed by atoms with Gasteiger partial charge in [-0.25, -0.2) is 4.79 Å². The topological polar surface area (TPSA) is 26.3 Å². The van der Waals surface area contributed by atoms with Crippen molar-refractivity contribution in [2.75, 3.05) is 0 Å². The summed E-state index contributed by atoms with van der Waals surface area (Å²) in [4.78, 5) is 11.7. The van der Waals surface area contributed by atoms with Crippen molar-refractivity contribution >= 4 is 5.97 Å². The first kappa shape index (κ1) is 30.7. The summed E-state index contributed by atoms with van der Waals surface area (Å²) in [5, 5.41) is 0. The van der Waals surface area contributed by atoms with Gasteiger partial charge in [-0.2, -0.15) is 0 Å². The lowest BCUT2D eigenvalue weighted by Gasteiger charge is -2.29. The summed E-state index contributed by atoms with van der Waals surface area (Å²) in [7, 11) is 0. The number of ether oxygens (including phenoxy) is 1. The molecule has 0 radical (unpaired) electrons. The van der Waals surface area contributed by atoms with Crippen LogP contribution in [0.15, 0.2) is 36.4 Å². The molecule has 0 amide bonds. The zero-order chi connectivity index (χ0) is 25.8. The molecule has 0 aromatic heterocycles. The molecular weight excluding hydrogens is 440 g/mol. The van der Waals surface area contributed by atoms with E-state index in [2.05, 4.69) is 25.6 Å². The van der Waals surface area contributed by atoms with Gasteiger partial charge < -0.3 is 4.74 Å². The van der Waals surface area contributed by atoms with Crippen molar-refractivity contribution < 1.29 is 9.53 Å². The van der Waals surface area contributed by atoms with Gasteiger partial charge in [0.05, 0.1) is 0 Å². The maximum atomic E-state index is 11.7. The zero-order valence-corrected chi connectivity index (χ0v) is 23.8. The van der Waals surface area contributed by atoms with Crippen LogP contribution < -0.4 is 4.74 Å². The number of esters is 1. The van der Waals surface area contributed by atoms with Crippen molar-refractivity contribution in [3.05, 3.63) is 42.0 Å². The number of rotatable bonds is 20. The Bertz CT molecular complexity index is 696. The summed E-state index contributed by atoms with van der Waals surface area (Å²) in [5.41, 5.74) is 1.83. The SMILES string of the molecule is C=C(C)C(=O)Oc1ccc(C2CCC(CCCCCCCCCCCCCCCCCC)CC2)cc1. The van der Waals surface area contributed by atoms with Crippen LogP contribution in [0.4, 0.5) is 0 Å². The second kappa shape index (κ2) is 19.5. The minimum Gasteiger partial charge on any atom is -0.423 e. The maximum absolute atomic E-state index is 11.7. The number of carbonyl (C=O) groups excluding carboxylic acids is 1. The largest absolute Gasteiger partial charge is 0.423 e. The van der Waals surface area contributed by atoms with Gasteiger partial charge in [-0.3, -0.25) is 0 Å². The minimum absolute atomic E-state index is 0.350. The van der Waals surface area contributed by atoms with Crippen molar-refractivity contribution in [2.45, 2.75) is 155 Å². The van der Waals surface area contributed by atoms with Gasteiger partial charge in [0, 0.05) is 5.57 Å².